The van der Waals surface area contributed by atoms with Gasteiger partial charge in [0.05, 0.1) is 39.9 Å². The van der Waals surface area contributed by atoms with E-state index in [-0.39, 0.29) is 19.1 Å². The van der Waals surface area contributed by atoms with Crippen LogP contribution >= 0.6 is 7.82 Å². The molecule has 0 heterocycles. The molecule has 0 spiro atoms. The van der Waals surface area contributed by atoms with Crippen LogP contribution in [0, 0.1) is 0 Å². The van der Waals surface area contributed by atoms with E-state index >= 15 is 0 Å². The molecule has 0 bridgehead atoms. The van der Waals surface area contributed by atoms with Gasteiger partial charge in [-0.25, -0.2) is 0 Å². The van der Waals surface area contributed by atoms with Crippen LogP contribution in [-0.4, -0.2) is 68.5 Å². The first-order valence-corrected chi connectivity index (χ1v) is 33.3. The largest absolute Gasteiger partial charge is 0.756 e. The fraction of sp³-hybridized carbons (Fsp3) is 0.803. The number of carbonyl (C=O) groups is 1. The highest BCUT2D eigenvalue weighted by molar-refractivity contribution is 7.45. The van der Waals surface area contributed by atoms with Gasteiger partial charge in [0.2, 0.25) is 5.91 Å². The molecule has 0 fully saturated rings. The third-order valence-electron chi connectivity index (χ3n) is 14.2. The van der Waals surface area contributed by atoms with Crippen LogP contribution in [0.25, 0.3) is 0 Å². The lowest BCUT2D eigenvalue weighted by atomic mass is 10.0. The lowest BCUT2D eigenvalue weighted by Crippen LogP contribution is -2.45. The normalized spacial score (nSPS) is 14.3. The van der Waals surface area contributed by atoms with Gasteiger partial charge < -0.3 is 28.8 Å². The molecule has 0 aromatic carbocycles. The molecule has 3 unspecified atom stereocenters. The lowest BCUT2D eigenvalue weighted by Gasteiger charge is -2.29. The second-order valence-corrected chi connectivity index (χ2v) is 24.1. The number of phosphoric ester groups is 1. The standard InChI is InChI=1S/C66H123N2O6P/c1-6-8-10-12-14-16-18-20-22-24-26-28-29-30-31-32-33-34-35-36-37-38-39-40-42-44-46-48-50-52-54-56-58-60-66(70)67-64(63-74-75(71,72)73-62-61-68(3,4)5)65(69)59-57-55-53-51-49-47-45-43-41-27-25-23-21-19-17-15-13-11-9-7-2/h8,10,14,16,20,22,26,28,30-31,57,59,64-65,69H,6-7,9,11-13,15,17-19,21,23-25,27,29,32-56,58,60-63H2,1-5H3,(H-,67,70,71,72)/b10-8-,16-14-,22-20-,28-26-,31-30-,59-57+. The van der Waals surface area contributed by atoms with E-state index in [9.17, 15) is 19.4 Å². The van der Waals surface area contributed by atoms with Gasteiger partial charge in [-0.15, -0.1) is 0 Å². The molecule has 0 aromatic heterocycles. The average Bonchev–Trinajstić information content (AvgIpc) is 3.37. The summed E-state index contributed by atoms with van der Waals surface area (Å²) >= 11 is 0. The first-order valence-electron chi connectivity index (χ1n) is 31.8. The summed E-state index contributed by atoms with van der Waals surface area (Å²) in [5.74, 6) is -0.195. The Morgan fingerprint density at radius 2 is 0.813 bits per heavy atom. The molecule has 438 valence electrons. The van der Waals surface area contributed by atoms with Crippen molar-refractivity contribution in [3.63, 3.8) is 0 Å². The second-order valence-electron chi connectivity index (χ2n) is 22.7. The van der Waals surface area contributed by atoms with Gasteiger partial charge in [0, 0.05) is 6.42 Å². The summed E-state index contributed by atoms with van der Waals surface area (Å²) in [6, 6.07) is -0.889. The Balaban J connectivity index is 4.08. The molecular formula is C66H123N2O6P. The monoisotopic (exact) mass is 1070 g/mol. The summed E-state index contributed by atoms with van der Waals surface area (Å²) in [5, 5.41) is 13.9. The highest BCUT2D eigenvalue weighted by Crippen LogP contribution is 2.38. The summed E-state index contributed by atoms with van der Waals surface area (Å²) in [5.41, 5.74) is 0. The van der Waals surface area contributed by atoms with Crippen molar-refractivity contribution in [1.29, 1.82) is 0 Å². The van der Waals surface area contributed by atoms with Crippen LogP contribution in [0.3, 0.4) is 0 Å². The Bertz CT molecular complexity index is 1450. The molecule has 75 heavy (non-hydrogen) atoms. The fourth-order valence-electron chi connectivity index (χ4n) is 9.24. The van der Waals surface area contributed by atoms with Crippen molar-refractivity contribution in [3.8, 4) is 0 Å². The maximum atomic E-state index is 13.0. The molecular weight excluding hydrogens is 948 g/mol. The van der Waals surface area contributed by atoms with Crippen molar-refractivity contribution >= 4 is 13.7 Å². The highest BCUT2D eigenvalue weighted by atomic mass is 31.2. The van der Waals surface area contributed by atoms with E-state index in [0.29, 0.717) is 17.4 Å². The molecule has 0 aliphatic rings. The zero-order chi connectivity index (χ0) is 54.9. The van der Waals surface area contributed by atoms with E-state index < -0.39 is 20.0 Å². The predicted octanol–water partition coefficient (Wildman–Crippen LogP) is 19.2. The number of hydrogen-bond acceptors (Lipinski definition) is 6. The minimum absolute atomic E-state index is 0.00154. The van der Waals surface area contributed by atoms with Crippen LogP contribution < -0.4 is 10.2 Å². The topological polar surface area (TPSA) is 108 Å². The van der Waals surface area contributed by atoms with Crippen molar-refractivity contribution in [2.75, 3.05) is 40.9 Å². The number of carbonyl (C=O) groups excluding carboxylic acids is 1. The highest BCUT2D eigenvalue weighted by Gasteiger charge is 2.23. The quantitative estimate of drug-likeness (QED) is 0.0272. The van der Waals surface area contributed by atoms with Crippen LogP contribution in [-0.2, 0) is 18.4 Å². The molecule has 8 nitrogen and oxygen atoms in total. The number of likely N-dealkylation sites (N-methyl/N-ethyl adjacent to an activating group) is 1. The summed E-state index contributed by atoms with van der Waals surface area (Å²) in [6.45, 7) is 4.57. The van der Waals surface area contributed by atoms with Crippen molar-refractivity contribution in [2.45, 2.75) is 302 Å². The summed E-state index contributed by atoms with van der Waals surface area (Å²) < 4.78 is 23.4. The van der Waals surface area contributed by atoms with Gasteiger partial charge in [0.15, 0.2) is 0 Å². The minimum Gasteiger partial charge on any atom is -0.756 e. The van der Waals surface area contributed by atoms with Gasteiger partial charge in [-0.1, -0.05) is 292 Å². The Morgan fingerprint density at radius 1 is 0.480 bits per heavy atom. The van der Waals surface area contributed by atoms with Crippen LogP contribution in [0.1, 0.15) is 290 Å². The number of aliphatic hydroxyl groups excluding tert-OH is 1. The molecule has 0 saturated heterocycles. The molecule has 3 atom stereocenters. The van der Waals surface area contributed by atoms with Gasteiger partial charge in [0.1, 0.15) is 13.2 Å². The van der Waals surface area contributed by atoms with E-state index in [0.717, 1.165) is 70.6 Å². The second kappa shape index (κ2) is 56.7. The third kappa shape index (κ3) is 59.4. The smallest absolute Gasteiger partial charge is 0.268 e. The number of rotatable bonds is 58. The minimum atomic E-state index is -4.60. The Hall–Kier alpha value is -2.06. The van der Waals surface area contributed by atoms with Gasteiger partial charge in [0.25, 0.3) is 7.82 Å². The predicted molar refractivity (Wildman–Crippen MR) is 325 cm³/mol. The van der Waals surface area contributed by atoms with E-state index in [4.69, 9.17) is 9.05 Å². The van der Waals surface area contributed by atoms with Crippen molar-refractivity contribution in [1.82, 2.24) is 5.32 Å². The third-order valence-corrected chi connectivity index (χ3v) is 15.1. The van der Waals surface area contributed by atoms with Gasteiger partial charge >= 0.3 is 0 Å². The summed E-state index contributed by atoms with van der Waals surface area (Å²) in [6.07, 6.45) is 78.5. The van der Waals surface area contributed by atoms with E-state index in [2.05, 4.69) is 79.9 Å². The number of amides is 1. The number of aliphatic hydroxyl groups is 1. The maximum Gasteiger partial charge on any atom is 0.268 e. The number of allylic oxidation sites excluding steroid dienone is 11. The Labute approximate surface area is 465 Å². The van der Waals surface area contributed by atoms with Crippen molar-refractivity contribution in [3.05, 3.63) is 72.9 Å². The van der Waals surface area contributed by atoms with Crippen molar-refractivity contribution < 1.29 is 32.9 Å². The summed E-state index contributed by atoms with van der Waals surface area (Å²) in [7, 11) is 1.27. The molecule has 2 N–H and O–H groups in total. The van der Waals surface area contributed by atoms with E-state index in [1.54, 1.807) is 6.08 Å². The van der Waals surface area contributed by atoms with Crippen molar-refractivity contribution in [2.24, 2.45) is 0 Å². The number of hydrogen-bond donors (Lipinski definition) is 2. The molecule has 0 rings (SSSR count). The Morgan fingerprint density at radius 3 is 1.19 bits per heavy atom. The van der Waals surface area contributed by atoms with Gasteiger partial charge in [-0.05, 0) is 64.2 Å². The number of unbranched alkanes of at least 4 members (excludes halogenated alkanes) is 35. The first-order chi connectivity index (χ1) is 36.5. The number of nitrogens with one attached hydrogen (secondary N) is 1. The Kier molecular flexibility index (Phi) is 55.1. The zero-order valence-corrected chi connectivity index (χ0v) is 50.9. The SMILES string of the molecule is CC/C=C\C/C=C\C/C=C\C/C=C\C/C=C\CCCCCCCCCCCCCCCCCCCC(=O)NC(COP(=O)([O-])OCC[N+](C)(C)C)C(O)/C=C/CCCCCCCCCCCCCCCCCCCC. The van der Waals surface area contributed by atoms with Crippen LogP contribution in [0.4, 0.5) is 0 Å². The molecule has 0 radical (unpaired) electrons. The first kappa shape index (κ1) is 72.9. The molecule has 9 heteroatoms. The maximum absolute atomic E-state index is 13.0. The van der Waals surface area contributed by atoms with Gasteiger partial charge in [-0.3, -0.25) is 9.36 Å². The lowest BCUT2D eigenvalue weighted by molar-refractivity contribution is -0.870. The van der Waals surface area contributed by atoms with Crippen LogP contribution in [0.5, 0.6) is 0 Å². The van der Waals surface area contributed by atoms with Crippen LogP contribution in [0.15, 0.2) is 72.9 Å². The summed E-state index contributed by atoms with van der Waals surface area (Å²) in [4.78, 5) is 25.6. The molecule has 0 aliphatic heterocycles. The number of quaternary nitrogens is 1. The molecule has 1 amide bonds. The van der Waals surface area contributed by atoms with E-state index in [1.807, 2.05) is 27.2 Å². The fourth-order valence-corrected chi connectivity index (χ4v) is 9.96. The molecule has 0 aliphatic carbocycles. The average molecular weight is 1070 g/mol. The van der Waals surface area contributed by atoms with Crippen LogP contribution in [0.2, 0.25) is 0 Å². The van der Waals surface area contributed by atoms with Gasteiger partial charge in [-0.2, -0.15) is 0 Å². The number of nitrogens with zero attached hydrogens (tertiary/aromatic N) is 1. The molecule has 0 aromatic rings. The molecule has 0 saturated carbocycles. The van der Waals surface area contributed by atoms with E-state index in [1.165, 1.54) is 199 Å². The number of phosphoric acid groups is 1. The zero-order valence-electron chi connectivity index (χ0n) is 50.0.